The summed E-state index contributed by atoms with van der Waals surface area (Å²) in [5.74, 6) is 0.312. The van der Waals surface area contributed by atoms with Gasteiger partial charge in [-0.2, -0.15) is 0 Å². The molecule has 2 unspecified atom stereocenters. The van der Waals surface area contributed by atoms with Gasteiger partial charge in [-0.25, -0.2) is 0 Å². The predicted molar refractivity (Wildman–Crippen MR) is 76.0 cm³/mol. The molecule has 1 aromatic rings. The second-order valence-corrected chi connectivity index (χ2v) is 5.95. The minimum atomic E-state index is -0.321. The molecule has 3 rings (SSSR count). The number of rotatable bonds is 2. The molecule has 0 saturated carbocycles. The topological polar surface area (TPSA) is 32.3 Å². The van der Waals surface area contributed by atoms with Crippen molar-refractivity contribution >= 4 is 5.91 Å². The van der Waals surface area contributed by atoms with Gasteiger partial charge in [0.1, 0.15) is 0 Å². The first kappa shape index (κ1) is 12.7. The number of hydrogen-bond acceptors (Lipinski definition) is 2. The van der Waals surface area contributed by atoms with Crippen molar-refractivity contribution < 1.29 is 4.79 Å². The van der Waals surface area contributed by atoms with E-state index < -0.39 is 0 Å². The lowest BCUT2D eigenvalue weighted by Gasteiger charge is -2.33. The summed E-state index contributed by atoms with van der Waals surface area (Å²) >= 11 is 0. The van der Waals surface area contributed by atoms with E-state index in [1.165, 1.54) is 6.42 Å². The molecule has 3 heteroatoms. The molecule has 2 saturated heterocycles. The maximum absolute atomic E-state index is 12.8. The van der Waals surface area contributed by atoms with E-state index in [-0.39, 0.29) is 5.41 Å². The lowest BCUT2D eigenvalue weighted by atomic mass is 9.81. The number of likely N-dealkylation sites (tertiary alicyclic amines) is 1. The van der Waals surface area contributed by atoms with Crippen molar-refractivity contribution in [2.75, 3.05) is 19.6 Å². The van der Waals surface area contributed by atoms with Crippen LogP contribution in [0.3, 0.4) is 0 Å². The molecule has 19 heavy (non-hydrogen) atoms. The number of nitrogens with one attached hydrogen (secondary N) is 1. The van der Waals surface area contributed by atoms with Gasteiger partial charge in [-0.15, -0.1) is 0 Å². The highest BCUT2D eigenvalue weighted by Gasteiger charge is 2.46. The van der Waals surface area contributed by atoms with Gasteiger partial charge in [-0.3, -0.25) is 4.79 Å². The summed E-state index contributed by atoms with van der Waals surface area (Å²) in [6.45, 7) is 5.04. The fourth-order valence-corrected chi connectivity index (χ4v) is 3.39. The van der Waals surface area contributed by atoms with Crippen molar-refractivity contribution in [1.29, 1.82) is 0 Å². The lowest BCUT2D eigenvalue weighted by molar-refractivity contribution is -0.134. The van der Waals surface area contributed by atoms with Crippen LogP contribution in [0, 0.1) is 0 Å². The monoisotopic (exact) mass is 258 g/mol. The van der Waals surface area contributed by atoms with Crippen molar-refractivity contribution in [2.45, 2.75) is 37.6 Å². The quantitative estimate of drug-likeness (QED) is 0.879. The Bertz CT molecular complexity index is 453. The lowest BCUT2D eigenvalue weighted by Crippen LogP contribution is -2.48. The molecular formula is C16H22N2O. The Hall–Kier alpha value is -1.35. The van der Waals surface area contributed by atoms with Crippen LogP contribution in [0.2, 0.25) is 0 Å². The van der Waals surface area contributed by atoms with Crippen LogP contribution in [0.4, 0.5) is 0 Å². The van der Waals surface area contributed by atoms with Crippen LogP contribution in [-0.2, 0) is 10.2 Å². The number of hydrogen-bond donors (Lipinski definition) is 1. The number of amides is 1. The molecule has 102 valence electrons. The van der Waals surface area contributed by atoms with Gasteiger partial charge in [0.2, 0.25) is 5.91 Å². The van der Waals surface area contributed by atoms with E-state index in [2.05, 4.69) is 29.3 Å². The van der Waals surface area contributed by atoms with Crippen LogP contribution < -0.4 is 5.32 Å². The molecule has 0 radical (unpaired) electrons. The van der Waals surface area contributed by atoms with Gasteiger partial charge >= 0.3 is 0 Å². The Morgan fingerprint density at radius 1 is 1.32 bits per heavy atom. The Morgan fingerprint density at radius 2 is 2.11 bits per heavy atom. The number of carbonyl (C=O) groups is 1. The summed E-state index contributed by atoms with van der Waals surface area (Å²) in [6, 6.07) is 10.6. The number of carbonyl (C=O) groups excluding carboxylic acids is 1. The maximum atomic E-state index is 12.8. The molecule has 2 aliphatic rings. The Labute approximate surface area is 115 Å². The Kier molecular flexibility index (Phi) is 3.31. The molecular weight excluding hydrogens is 236 g/mol. The van der Waals surface area contributed by atoms with Crippen molar-refractivity contribution in [1.82, 2.24) is 10.2 Å². The Morgan fingerprint density at radius 3 is 2.79 bits per heavy atom. The zero-order valence-electron chi connectivity index (χ0n) is 11.6. The van der Waals surface area contributed by atoms with E-state index in [4.69, 9.17) is 0 Å². The van der Waals surface area contributed by atoms with E-state index in [0.717, 1.165) is 38.0 Å². The van der Waals surface area contributed by atoms with E-state index in [1.807, 2.05) is 18.2 Å². The molecule has 0 aliphatic carbocycles. The minimum Gasteiger partial charge on any atom is -0.338 e. The van der Waals surface area contributed by atoms with E-state index in [9.17, 15) is 4.79 Å². The van der Waals surface area contributed by atoms with Crippen molar-refractivity contribution in [3.63, 3.8) is 0 Å². The second kappa shape index (κ2) is 4.97. The van der Waals surface area contributed by atoms with Gasteiger partial charge in [0, 0.05) is 19.1 Å². The fourth-order valence-electron chi connectivity index (χ4n) is 3.39. The van der Waals surface area contributed by atoms with Crippen LogP contribution in [0.5, 0.6) is 0 Å². The van der Waals surface area contributed by atoms with Crippen molar-refractivity contribution in [2.24, 2.45) is 0 Å². The van der Waals surface area contributed by atoms with E-state index in [0.29, 0.717) is 11.9 Å². The molecule has 2 fully saturated rings. The van der Waals surface area contributed by atoms with Gasteiger partial charge in [-0.05, 0) is 38.3 Å². The first-order valence-corrected chi connectivity index (χ1v) is 7.29. The van der Waals surface area contributed by atoms with Crippen molar-refractivity contribution in [3.05, 3.63) is 35.9 Å². The predicted octanol–water partition coefficient (Wildman–Crippen LogP) is 1.93. The Balaban J connectivity index is 1.81. The molecule has 0 spiro atoms. The standard InChI is InChI=1S/C16H22N2O/c1-16(13-6-3-2-4-7-13)9-11-18(15(16)19)14-8-5-10-17-12-14/h2-4,6-7,14,17H,5,8-12H2,1H3. The third-order valence-corrected chi connectivity index (χ3v) is 4.71. The van der Waals surface area contributed by atoms with E-state index in [1.54, 1.807) is 0 Å². The highest BCUT2D eigenvalue weighted by molar-refractivity contribution is 5.90. The van der Waals surface area contributed by atoms with Gasteiger partial charge < -0.3 is 10.2 Å². The minimum absolute atomic E-state index is 0.312. The summed E-state index contributed by atoms with van der Waals surface area (Å²) in [5, 5.41) is 3.41. The van der Waals surface area contributed by atoms with Crippen LogP contribution in [0.25, 0.3) is 0 Å². The number of benzene rings is 1. The highest BCUT2D eigenvalue weighted by Crippen LogP contribution is 2.36. The summed E-state index contributed by atoms with van der Waals surface area (Å²) in [4.78, 5) is 14.9. The van der Waals surface area contributed by atoms with Crippen LogP contribution in [-0.4, -0.2) is 36.5 Å². The van der Waals surface area contributed by atoms with Crippen LogP contribution >= 0.6 is 0 Å². The maximum Gasteiger partial charge on any atom is 0.233 e. The zero-order chi connectivity index (χ0) is 13.3. The van der Waals surface area contributed by atoms with E-state index >= 15 is 0 Å². The third-order valence-electron chi connectivity index (χ3n) is 4.71. The number of piperidine rings is 1. The zero-order valence-corrected chi connectivity index (χ0v) is 11.6. The normalized spacial score (nSPS) is 31.7. The highest BCUT2D eigenvalue weighted by atomic mass is 16.2. The molecule has 2 atom stereocenters. The summed E-state index contributed by atoms with van der Waals surface area (Å²) < 4.78 is 0. The summed E-state index contributed by atoms with van der Waals surface area (Å²) in [6.07, 6.45) is 3.26. The first-order chi connectivity index (χ1) is 9.22. The fraction of sp³-hybridized carbons (Fsp3) is 0.562. The molecule has 2 aliphatic heterocycles. The molecule has 0 bridgehead atoms. The second-order valence-electron chi connectivity index (χ2n) is 5.95. The molecule has 1 amide bonds. The molecule has 1 aromatic carbocycles. The van der Waals surface area contributed by atoms with Gasteiger partial charge in [0.15, 0.2) is 0 Å². The van der Waals surface area contributed by atoms with Gasteiger partial charge in [0.25, 0.3) is 0 Å². The SMILES string of the molecule is CC1(c2ccccc2)CCN(C2CCCNC2)C1=O. The molecule has 0 aromatic heterocycles. The first-order valence-electron chi connectivity index (χ1n) is 7.29. The largest absolute Gasteiger partial charge is 0.338 e. The summed E-state index contributed by atoms with van der Waals surface area (Å²) in [7, 11) is 0. The van der Waals surface area contributed by atoms with Gasteiger partial charge in [-0.1, -0.05) is 30.3 Å². The number of nitrogens with zero attached hydrogens (tertiary/aromatic N) is 1. The van der Waals surface area contributed by atoms with Crippen LogP contribution in [0.15, 0.2) is 30.3 Å². The van der Waals surface area contributed by atoms with Gasteiger partial charge in [0.05, 0.1) is 5.41 Å². The molecule has 2 heterocycles. The van der Waals surface area contributed by atoms with Crippen LogP contribution in [0.1, 0.15) is 31.7 Å². The van der Waals surface area contributed by atoms with Crippen molar-refractivity contribution in [3.8, 4) is 0 Å². The molecule has 3 nitrogen and oxygen atoms in total. The summed E-state index contributed by atoms with van der Waals surface area (Å²) in [5.41, 5.74) is 0.838. The smallest absolute Gasteiger partial charge is 0.233 e. The average Bonchev–Trinajstić information content (AvgIpc) is 2.78. The third kappa shape index (κ3) is 2.16. The molecule has 1 N–H and O–H groups in total. The average molecular weight is 258 g/mol.